The fraction of sp³-hybridized carbons (Fsp3) is 0.417. The number of esters is 1. The maximum atomic E-state index is 11.9. The lowest BCUT2D eigenvalue weighted by Crippen LogP contribution is -2.66. The number of pyridine rings is 1. The Morgan fingerprint density at radius 3 is 2.50 bits per heavy atom. The van der Waals surface area contributed by atoms with Gasteiger partial charge in [0, 0.05) is 6.20 Å². The van der Waals surface area contributed by atoms with Crippen LogP contribution in [0.25, 0.3) is 0 Å². The first-order valence-corrected chi connectivity index (χ1v) is 7.26. The molecule has 1 amide bonds. The highest BCUT2D eigenvalue weighted by atomic mass is 32.2. The second kappa shape index (κ2) is 4.55. The van der Waals surface area contributed by atoms with E-state index in [1.165, 1.54) is 39.3 Å². The minimum Gasteiger partial charge on any atom is -0.465 e. The van der Waals surface area contributed by atoms with Crippen LogP contribution in [0.3, 0.4) is 0 Å². The summed E-state index contributed by atoms with van der Waals surface area (Å²) in [5.74, 6) is -0.992. The zero-order valence-electron chi connectivity index (χ0n) is 11.3. The molecule has 0 aliphatic carbocycles. The third-order valence-corrected chi connectivity index (χ3v) is 5.57. The zero-order valence-corrected chi connectivity index (χ0v) is 12.1. The number of rotatable bonds is 3. The van der Waals surface area contributed by atoms with E-state index in [1.54, 1.807) is 0 Å². The highest BCUT2D eigenvalue weighted by Gasteiger charge is 2.60. The van der Waals surface area contributed by atoms with Gasteiger partial charge in [0.25, 0.3) is 15.9 Å². The van der Waals surface area contributed by atoms with Crippen molar-refractivity contribution in [3.8, 4) is 0 Å². The number of carbonyl (C=O) groups excluding carboxylic acids is 2. The van der Waals surface area contributed by atoms with Crippen LogP contribution in [0.2, 0.25) is 0 Å². The van der Waals surface area contributed by atoms with E-state index in [-0.39, 0.29) is 12.1 Å². The molecule has 0 N–H and O–H groups in total. The molecule has 2 heterocycles. The van der Waals surface area contributed by atoms with Gasteiger partial charge in [0.2, 0.25) is 0 Å². The lowest BCUT2D eigenvalue weighted by Gasteiger charge is -2.42. The number of sulfonamides is 1. The molecule has 1 aliphatic rings. The van der Waals surface area contributed by atoms with Crippen LogP contribution >= 0.6 is 0 Å². The maximum Gasteiger partial charge on any atom is 0.339 e. The summed E-state index contributed by atoms with van der Waals surface area (Å²) in [6.45, 7) is 2.61. The largest absolute Gasteiger partial charge is 0.465 e. The number of aromatic nitrogens is 1. The molecule has 0 saturated carbocycles. The molecule has 7 nitrogen and oxygen atoms in total. The smallest absolute Gasteiger partial charge is 0.339 e. The molecule has 0 atom stereocenters. The Labute approximate surface area is 116 Å². The van der Waals surface area contributed by atoms with Crippen LogP contribution in [0.1, 0.15) is 29.9 Å². The molecule has 0 unspecified atom stereocenters. The number of carbonyl (C=O) groups is 2. The van der Waals surface area contributed by atoms with E-state index in [1.807, 2.05) is 0 Å². The van der Waals surface area contributed by atoms with Crippen molar-refractivity contribution < 1.29 is 22.7 Å². The van der Waals surface area contributed by atoms with Crippen LogP contribution in [-0.4, -0.2) is 41.4 Å². The van der Waals surface area contributed by atoms with E-state index in [4.69, 9.17) is 0 Å². The minimum absolute atomic E-state index is 0.133. The monoisotopic (exact) mass is 298 g/mol. The molecular weight excluding hydrogens is 284 g/mol. The van der Waals surface area contributed by atoms with Crippen molar-refractivity contribution >= 4 is 21.9 Å². The van der Waals surface area contributed by atoms with Crippen LogP contribution in [-0.2, 0) is 26.1 Å². The summed E-state index contributed by atoms with van der Waals surface area (Å²) < 4.78 is 27.8. The summed E-state index contributed by atoms with van der Waals surface area (Å²) in [4.78, 5) is 27.0. The van der Waals surface area contributed by atoms with Gasteiger partial charge in [-0.15, -0.1) is 0 Å². The van der Waals surface area contributed by atoms with Gasteiger partial charge in [-0.25, -0.2) is 17.5 Å². The molecule has 0 bridgehead atoms. The molecule has 1 aromatic heterocycles. The fourth-order valence-electron chi connectivity index (χ4n) is 1.82. The first-order chi connectivity index (χ1) is 9.21. The Balaban J connectivity index is 2.17. The van der Waals surface area contributed by atoms with Crippen molar-refractivity contribution in [2.45, 2.75) is 25.1 Å². The fourth-order valence-corrected chi connectivity index (χ4v) is 3.32. The minimum atomic E-state index is -3.63. The molecule has 1 aliphatic heterocycles. The van der Waals surface area contributed by atoms with Crippen molar-refractivity contribution in [1.82, 2.24) is 9.29 Å². The quantitative estimate of drug-likeness (QED) is 0.746. The third-order valence-electron chi connectivity index (χ3n) is 3.23. The van der Waals surface area contributed by atoms with E-state index in [2.05, 4.69) is 9.72 Å². The van der Waals surface area contributed by atoms with Gasteiger partial charge in [0.1, 0.15) is 0 Å². The molecule has 0 radical (unpaired) electrons. The number of hydrogen-bond acceptors (Lipinski definition) is 6. The van der Waals surface area contributed by atoms with E-state index in [0.29, 0.717) is 5.69 Å². The van der Waals surface area contributed by atoms with Crippen molar-refractivity contribution in [1.29, 1.82) is 0 Å². The van der Waals surface area contributed by atoms with Gasteiger partial charge in [-0.1, -0.05) is 0 Å². The van der Waals surface area contributed by atoms with E-state index < -0.39 is 26.6 Å². The number of ether oxygens (including phenoxy) is 1. The molecular formula is C12H14N2O5S. The summed E-state index contributed by atoms with van der Waals surface area (Å²) in [6, 6.07) is 2.95. The second-order valence-electron chi connectivity index (χ2n) is 4.86. The highest BCUT2D eigenvalue weighted by molar-refractivity contribution is 7.94. The van der Waals surface area contributed by atoms with Crippen molar-refractivity contribution in [2.24, 2.45) is 0 Å². The van der Waals surface area contributed by atoms with Gasteiger partial charge in [-0.2, -0.15) is 0 Å². The molecule has 108 valence electrons. The van der Waals surface area contributed by atoms with Gasteiger partial charge < -0.3 is 4.74 Å². The Kier molecular flexibility index (Phi) is 3.29. The van der Waals surface area contributed by atoms with Crippen molar-refractivity contribution in [2.75, 3.05) is 7.11 Å². The predicted molar refractivity (Wildman–Crippen MR) is 69.1 cm³/mol. The average molecular weight is 298 g/mol. The lowest BCUT2D eigenvalue weighted by atomic mass is 10.2. The molecule has 8 heteroatoms. The van der Waals surface area contributed by atoms with Gasteiger partial charge in [-0.3, -0.25) is 9.78 Å². The summed E-state index contributed by atoms with van der Waals surface area (Å²) in [5.41, 5.74) is 0.638. The van der Waals surface area contributed by atoms with Gasteiger partial charge in [0.05, 0.1) is 24.9 Å². The first-order valence-electron chi connectivity index (χ1n) is 5.82. The number of nitrogens with zero attached hydrogens (tertiary/aromatic N) is 2. The standard InChI is InChI=1S/C12H14N2O5S/c1-12(2)11(16)14(20(12,17)18)7-9-5-4-8(6-13-9)10(15)19-3/h4-6H,7H2,1-3H3. The molecule has 1 aromatic rings. The van der Waals surface area contributed by atoms with Gasteiger partial charge in [-0.05, 0) is 26.0 Å². The van der Waals surface area contributed by atoms with E-state index >= 15 is 0 Å². The molecule has 2 rings (SSSR count). The summed E-state index contributed by atoms with van der Waals surface area (Å²) in [6.07, 6.45) is 1.28. The number of amides is 1. The Bertz CT molecular complexity index is 664. The SMILES string of the molecule is COC(=O)c1ccc(CN2C(=O)C(C)(C)S2(=O)=O)nc1. The van der Waals surface area contributed by atoms with Crippen LogP contribution in [0, 0.1) is 0 Å². The lowest BCUT2D eigenvalue weighted by molar-refractivity contribution is -0.132. The summed E-state index contributed by atoms with van der Waals surface area (Å²) in [7, 11) is -2.37. The summed E-state index contributed by atoms with van der Waals surface area (Å²) >= 11 is 0. The maximum absolute atomic E-state index is 11.9. The van der Waals surface area contributed by atoms with Crippen LogP contribution in [0.15, 0.2) is 18.3 Å². The van der Waals surface area contributed by atoms with Crippen molar-refractivity contribution in [3.05, 3.63) is 29.6 Å². The molecule has 1 saturated heterocycles. The molecule has 1 fully saturated rings. The Morgan fingerprint density at radius 1 is 1.40 bits per heavy atom. The average Bonchev–Trinajstić information content (AvgIpc) is 2.43. The summed E-state index contributed by atoms with van der Waals surface area (Å²) in [5, 5.41) is 0. The third kappa shape index (κ3) is 1.96. The molecule has 20 heavy (non-hydrogen) atoms. The van der Waals surface area contributed by atoms with E-state index in [0.717, 1.165) is 4.31 Å². The van der Waals surface area contributed by atoms with Gasteiger partial charge >= 0.3 is 5.97 Å². The highest BCUT2D eigenvalue weighted by Crippen LogP contribution is 2.35. The Hall–Kier alpha value is -1.96. The second-order valence-corrected chi connectivity index (χ2v) is 7.27. The first kappa shape index (κ1) is 14.4. The normalized spacial score (nSPS) is 19.4. The van der Waals surface area contributed by atoms with E-state index in [9.17, 15) is 18.0 Å². The topological polar surface area (TPSA) is 93.6 Å². The van der Waals surface area contributed by atoms with Crippen LogP contribution < -0.4 is 0 Å². The van der Waals surface area contributed by atoms with Gasteiger partial charge in [0.15, 0.2) is 4.75 Å². The zero-order chi connectivity index (χ0) is 15.1. The van der Waals surface area contributed by atoms with Crippen molar-refractivity contribution in [3.63, 3.8) is 0 Å². The van der Waals surface area contributed by atoms with Crippen LogP contribution in [0.4, 0.5) is 0 Å². The number of hydrogen-bond donors (Lipinski definition) is 0. The predicted octanol–water partition coefficient (Wildman–Crippen LogP) is 0.319. The number of methoxy groups -OCH3 is 1. The molecule has 0 spiro atoms. The Morgan fingerprint density at radius 2 is 2.05 bits per heavy atom. The molecule has 0 aromatic carbocycles. The van der Waals surface area contributed by atoms with Crippen LogP contribution in [0.5, 0.6) is 0 Å².